The van der Waals surface area contributed by atoms with Gasteiger partial charge in [0.05, 0.1) is 6.10 Å². The van der Waals surface area contributed by atoms with Crippen molar-refractivity contribution in [3.8, 4) is 0 Å². The Morgan fingerprint density at radius 1 is 0.622 bits per heavy atom. The molecule has 218 valence electrons. The number of alkyl halides is 17. The summed E-state index contributed by atoms with van der Waals surface area (Å²) in [5.74, 6) is -57.3. The van der Waals surface area contributed by atoms with Crippen LogP contribution in [0.4, 0.5) is 74.6 Å². The second-order valence-electron chi connectivity index (χ2n) is 7.10. The van der Waals surface area contributed by atoms with Crippen molar-refractivity contribution in [2.75, 3.05) is 0 Å². The van der Waals surface area contributed by atoms with Crippen molar-refractivity contribution in [3.05, 3.63) is 0 Å². The maximum absolute atomic E-state index is 13.8. The molecule has 0 aromatic carbocycles. The Labute approximate surface area is 218 Å². The molecule has 23 heteroatoms. The summed E-state index contributed by atoms with van der Waals surface area (Å²) >= 11 is 0. The Bertz CT molecular complexity index is 872. The predicted octanol–water partition coefficient (Wildman–Crippen LogP) is 3.43. The van der Waals surface area contributed by atoms with Gasteiger partial charge in [-0.25, -0.2) is 8.42 Å². The van der Waals surface area contributed by atoms with Crippen LogP contribution in [0, 0.1) is 0 Å². The first kappa shape index (κ1) is 38.8. The van der Waals surface area contributed by atoms with Crippen molar-refractivity contribution in [2.24, 2.45) is 0 Å². The average Bonchev–Trinajstić information content (AvgIpc) is 2.63. The van der Waals surface area contributed by atoms with Crippen LogP contribution in [0.2, 0.25) is 0 Å². The smallest absolute Gasteiger partial charge is 0.726 e. The third-order valence-corrected chi connectivity index (χ3v) is 4.94. The summed E-state index contributed by atoms with van der Waals surface area (Å²) in [6, 6.07) is 0. The second kappa shape index (κ2) is 11.3. The van der Waals surface area contributed by atoms with Crippen LogP contribution in [0.3, 0.4) is 0 Å². The SMILES string of the molecule is CCCC(CCC(F)(F)C(F)(F)C(F)(F)C(F)(F)C(F)(F)C(F)(F)C(F)(F)C(F)(F)F)OS(=O)(=O)[O-].[Na+]. The van der Waals surface area contributed by atoms with Gasteiger partial charge >= 0.3 is 77.2 Å². The molecule has 0 aromatic heterocycles. The molecular formula is C14H12F17NaO4S. The van der Waals surface area contributed by atoms with Crippen molar-refractivity contribution < 1.29 is 121 Å². The summed E-state index contributed by atoms with van der Waals surface area (Å²) < 4.78 is 259. The van der Waals surface area contributed by atoms with Gasteiger partial charge in [-0.2, -0.15) is 74.6 Å². The monoisotopic (exact) mass is 622 g/mol. The van der Waals surface area contributed by atoms with Gasteiger partial charge in [-0.1, -0.05) is 13.3 Å². The quantitative estimate of drug-likeness (QED) is 0.137. The first-order valence-electron chi connectivity index (χ1n) is 8.74. The van der Waals surface area contributed by atoms with E-state index in [2.05, 4.69) is 4.18 Å². The first-order chi connectivity index (χ1) is 15.4. The molecule has 0 rings (SSSR count). The van der Waals surface area contributed by atoms with E-state index in [0.29, 0.717) is 0 Å². The van der Waals surface area contributed by atoms with E-state index in [0.717, 1.165) is 6.92 Å². The van der Waals surface area contributed by atoms with Gasteiger partial charge in [0.1, 0.15) is 0 Å². The van der Waals surface area contributed by atoms with E-state index >= 15 is 0 Å². The number of rotatable bonds is 13. The molecule has 0 saturated heterocycles. The van der Waals surface area contributed by atoms with E-state index < -0.39 is 83.4 Å². The Kier molecular flexibility index (Phi) is 11.8. The van der Waals surface area contributed by atoms with Gasteiger partial charge < -0.3 is 4.55 Å². The van der Waals surface area contributed by atoms with E-state index in [-0.39, 0.29) is 36.0 Å². The maximum atomic E-state index is 13.8. The number of hydrogen-bond donors (Lipinski definition) is 0. The second-order valence-corrected chi connectivity index (χ2v) is 8.11. The van der Waals surface area contributed by atoms with Gasteiger partial charge in [0.25, 0.3) is 0 Å². The molecule has 4 nitrogen and oxygen atoms in total. The number of halogens is 17. The third kappa shape index (κ3) is 6.88. The molecule has 0 aliphatic carbocycles. The van der Waals surface area contributed by atoms with Crippen LogP contribution in [0.25, 0.3) is 0 Å². The Morgan fingerprint density at radius 2 is 0.946 bits per heavy atom. The molecule has 1 atom stereocenters. The third-order valence-electron chi connectivity index (χ3n) is 4.43. The van der Waals surface area contributed by atoms with Crippen molar-refractivity contribution in [1.29, 1.82) is 0 Å². The van der Waals surface area contributed by atoms with Gasteiger partial charge in [-0.15, -0.1) is 0 Å². The molecule has 0 heterocycles. The Hall–Kier alpha value is -0.320. The van der Waals surface area contributed by atoms with Crippen LogP contribution in [0.5, 0.6) is 0 Å². The van der Waals surface area contributed by atoms with Crippen molar-refractivity contribution in [3.63, 3.8) is 0 Å². The summed E-state index contributed by atoms with van der Waals surface area (Å²) in [6.07, 6.45) is -15.9. The van der Waals surface area contributed by atoms with Gasteiger partial charge in [0.15, 0.2) is 0 Å². The summed E-state index contributed by atoms with van der Waals surface area (Å²) in [5, 5.41) is 0. The van der Waals surface area contributed by atoms with Crippen LogP contribution in [0.15, 0.2) is 0 Å². The van der Waals surface area contributed by atoms with E-state index in [1.807, 2.05) is 0 Å². The van der Waals surface area contributed by atoms with E-state index in [1.165, 1.54) is 0 Å². The standard InChI is InChI=1S/C14H13F17O4S.Na/c1-2-3-6(35-36(32,33)34)4-5-7(15,16)8(17,18)9(19,20)10(21,22)11(23,24)12(25,26)13(27,28)14(29,30)31;/h6H,2-5H2,1H3,(H,32,33,34);/q;+1/p-1. The average molecular weight is 622 g/mol. The molecule has 0 radical (unpaired) electrons. The van der Waals surface area contributed by atoms with Gasteiger partial charge in [0, 0.05) is 6.42 Å². The first-order valence-corrected chi connectivity index (χ1v) is 10.1. The molecule has 0 N–H and O–H groups in total. The molecule has 0 aromatic rings. The van der Waals surface area contributed by atoms with E-state index in [4.69, 9.17) is 0 Å². The van der Waals surface area contributed by atoms with Crippen LogP contribution in [-0.2, 0) is 14.6 Å². The normalized spacial score (nSPS) is 16.4. The topological polar surface area (TPSA) is 66.4 Å². The molecule has 0 amide bonds. The number of hydrogen-bond acceptors (Lipinski definition) is 4. The van der Waals surface area contributed by atoms with E-state index in [9.17, 15) is 87.6 Å². The minimum absolute atomic E-state index is 0. The Balaban J connectivity index is 0. The maximum Gasteiger partial charge on any atom is 1.00 e. The molecule has 1 unspecified atom stereocenters. The van der Waals surface area contributed by atoms with Crippen molar-refractivity contribution in [2.45, 2.75) is 86.3 Å². The van der Waals surface area contributed by atoms with Crippen LogP contribution < -0.4 is 29.6 Å². The minimum atomic E-state index is -8.73. The fraction of sp³-hybridized carbons (Fsp3) is 1.00. The van der Waals surface area contributed by atoms with Gasteiger partial charge in [-0.05, 0) is 12.8 Å². The molecule has 37 heavy (non-hydrogen) atoms. The van der Waals surface area contributed by atoms with Gasteiger partial charge in [-0.3, -0.25) is 4.18 Å². The molecule has 0 aliphatic rings. The summed E-state index contributed by atoms with van der Waals surface area (Å²) in [4.78, 5) is 0. The fourth-order valence-electron chi connectivity index (χ4n) is 2.42. The zero-order chi connectivity index (χ0) is 29.6. The van der Waals surface area contributed by atoms with Crippen LogP contribution >= 0.6 is 0 Å². The van der Waals surface area contributed by atoms with E-state index in [1.54, 1.807) is 0 Å². The molecule has 0 aliphatic heterocycles. The summed E-state index contributed by atoms with van der Waals surface area (Å²) in [5.41, 5.74) is 0. The Morgan fingerprint density at radius 3 is 1.24 bits per heavy atom. The summed E-state index contributed by atoms with van der Waals surface area (Å²) in [7, 11) is -5.76. The molecule has 0 saturated carbocycles. The fourth-order valence-corrected chi connectivity index (χ4v) is 2.95. The molecule has 0 spiro atoms. The largest absolute Gasteiger partial charge is 1.00 e. The van der Waals surface area contributed by atoms with Crippen molar-refractivity contribution >= 4 is 10.4 Å². The zero-order valence-corrected chi connectivity index (χ0v) is 20.7. The van der Waals surface area contributed by atoms with Crippen LogP contribution in [-0.4, -0.2) is 66.7 Å². The zero-order valence-electron chi connectivity index (χ0n) is 17.9. The van der Waals surface area contributed by atoms with Crippen LogP contribution in [0.1, 0.15) is 32.6 Å². The van der Waals surface area contributed by atoms with Crippen molar-refractivity contribution in [1.82, 2.24) is 0 Å². The minimum Gasteiger partial charge on any atom is -0.726 e. The molecule has 0 fully saturated rings. The summed E-state index contributed by atoms with van der Waals surface area (Å²) in [6.45, 7) is 1.13. The van der Waals surface area contributed by atoms with Gasteiger partial charge in [0.2, 0.25) is 10.4 Å². The molecular weight excluding hydrogens is 610 g/mol. The molecule has 0 bridgehead atoms. The predicted molar refractivity (Wildman–Crippen MR) is 79.4 cm³/mol.